The molecule has 2 aromatic rings. The third-order valence-electron chi connectivity index (χ3n) is 5.08. The maximum atomic E-state index is 12.5. The van der Waals surface area contributed by atoms with Crippen molar-refractivity contribution in [1.29, 1.82) is 0 Å². The smallest absolute Gasteiger partial charge is 0.240 e. The Balaban J connectivity index is 1.51. The Morgan fingerprint density at radius 3 is 2.62 bits per heavy atom. The first kappa shape index (κ1) is 15.8. The maximum Gasteiger partial charge on any atom is 0.240 e. The summed E-state index contributed by atoms with van der Waals surface area (Å²) < 4.78 is 33.3. The van der Waals surface area contributed by atoms with E-state index < -0.39 is 10.0 Å². The second kappa shape index (κ2) is 5.39. The fraction of sp³-hybridized carbons (Fsp3) is 0.529. The lowest BCUT2D eigenvalue weighted by Crippen LogP contribution is -2.29. The molecule has 0 aliphatic heterocycles. The summed E-state index contributed by atoms with van der Waals surface area (Å²) >= 11 is 0. The molecule has 1 N–H and O–H groups in total. The molecule has 1 aromatic heterocycles. The molecular formula is C17H21N3O3S. The number of nitrogens with zero attached hydrogens (tertiary/aromatic N) is 2. The predicted molar refractivity (Wildman–Crippen MR) is 87.8 cm³/mol. The number of benzene rings is 1. The van der Waals surface area contributed by atoms with Gasteiger partial charge in [0.1, 0.15) is 0 Å². The molecule has 4 rings (SSSR count). The average Bonchev–Trinajstić information content (AvgIpc) is 3.38. The summed E-state index contributed by atoms with van der Waals surface area (Å²) in [7, 11) is -3.55. The molecule has 0 radical (unpaired) electrons. The van der Waals surface area contributed by atoms with E-state index in [2.05, 4.69) is 14.9 Å². The molecule has 0 unspecified atom stereocenters. The van der Waals surface area contributed by atoms with Gasteiger partial charge in [-0.05, 0) is 36.3 Å². The van der Waals surface area contributed by atoms with E-state index in [-0.39, 0.29) is 22.3 Å². The topological polar surface area (TPSA) is 85.1 Å². The van der Waals surface area contributed by atoms with E-state index in [9.17, 15) is 8.42 Å². The lowest BCUT2D eigenvalue weighted by molar-refractivity contribution is 0.362. The highest BCUT2D eigenvalue weighted by molar-refractivity contribution is 7.89. The minimum atomic E-state index is -3.55. The van der Waals surface area contributed by atoms with Crippen molar-refractivity contribution in [2.75, 3.05) is 0 Å². The number of rotatable bonds is 6. The van der Waals surface area contributed by atoms with Gasteiger partial charge in [0.2, 0.25) is 15.9 Å². The van der Waals surface area contributed by atoms with Crippen LogP contribution in [0.5, 0.6) is 0 Å². The van der Waals surface area contributed by atoms with Crippen LogP contribution in [-0.2, 0) is 16.4 Å². The van der Waals surface area contributed by atoms with Gasteiger partial charge in [0.15, 0.2) is 5.82 Å². The summed E-state index contributed by atoms with van der Waals surface area (Å²) in [5.41, 5.74) is -0.245. The van der Waals surface area contributed by atoms with Crippen molar-refractivity contribution < 1.29 is 12.9 Å². The van der Waals surface area contributed by atoms with Crippen LogP contribution in [0.25, 0.3) is 0 Å². The second-order valence-corrected chi connectivity index (χ2v) is 9.12. The van der Waals surface area contributed by atoms with Gasteiger partial charge in [0, 0.05) is 12.5 Å². The van der Waals surface area contributed by atoms with Crippen LogP contribution in [0.1, 0.15) is 44.3 Å². The maximum absolute atomic E-state index is 12.5. The summed E-state index contributed by atoms with van der Waals surface area (Å²) in [5.74, 6) is 1.88. The molecule has 2 aliphatic carbocycles. The van der Waals surface area contributed by atoms with Crippen molar-refractivity contribution in [1.82, 2.24) is 14.9 Å². The van der Waals surface area contributed by atoms with Crippen LogP contribution in [0, 0.1) is 11.3 Å². The zero-order valence-electron chi connectivity index (χ0n) is 13.8. The molecule has 0 spiro atoms. The van der Waals surface area contributed by atoms with E-state index in [1.54, 1.807) is 30.3 Å². The lowest BCUT2D eigenvalue weighted by Gasteiger charge is -2.07. The van der Waals surface area contributed by atoms with E-state index >= 15 is 0 Å². The molecule has 2 aliphatic rings. The van der Waals surface area contributed by atoms with Crippen molar-refractivity contribution in [2.24, 2.45) is 11.3 Å². The van der Waals surface area contributed by atoms with Gasteiger partial charge in [-0.25, -0.2) is 13.1 Å². The summed E-state index contributed by atoms with van der Waals surface area (Å²) in [4.78, 5) is 4.76. The molecule has 1 heterocycles. The van der Waals surface area contributed by atoms with Crippen molar-refractivity contribution in [2.45, 2.75) is 50.0 Å². The highest BCUT2D eigenvalue weighted by atomic mass is 32.2. The van der Waals surface area contributed by atoms with Crippen LogP contribution >= 0.6 is 0 Å². The van der Waals surface area contributed by atoms with Crippen molar-refractivity contribution >= 4 is 10.0 Å². The predicted octanol–water partition coefficient (Wildman–Crippen LogP) is 2.49. The third kappa shape index (κ3) is 2.86. The normalized spacial score (nSPS) is 25.6. The molecule has 2 fully saturated rings. The Morgan fingerprint density at radius 1 is 1.25 bits per heavy atom. The minimum absolute atomic E-state index is 0.0866. The van der Waals surface area contributed by atoms with Gasteiger partial charge >= 0.3 is 0 Å². The Bertz CT molecular complexity index is 841. The Kier molecular flexibility index (Phi) is 3.54. The summed E-state index contributed by atoms with van der Waals surface area (Å²) in [6, 6.07) is 8.17. The van der Waals surface area contributed by atoms with Gasteiger partial charge < -0.3 is 4.52 Å². The second-order valence-electron chi connectivity index (χ2n) is 7.41. The monoisotopic (exact) mass is 347 g/mol. The summed E-state index contributed by atoms with van der Waals surface area (Å²) in [5, 5.41) is 4.05. The van der Waals surface area contributed by atoms with Gasteiger partial charge in [0.05, 0.1) is 10.8 Å². The van der Waals surface area contributed by atoms with Gasteiger partial charge in [0.25, 0.3) is 0 Å². The first-order valence-corrected chi connectivity index (χ1v) is 9.76. The van der Waals surface area contributed by atoms with Crippen LogP contribution in [0.2, 0.25) is 0 Å². The number of aromatic nitrogens is 2. The highest BCUT2D eigenvalue weighted by Gasteiger charge is 2.63. The first-order chi connectivity index (χ1) is 11.4. The molecule has 7 heteroatoms. The SMILES string of the molecule is CC1(C)[C@H](NS(=O)(=O)c2ccccc2)[C@@H]1c1nc(CC2CC2)no1. The van der Waals surface area contributed by atoms with Gasteiger partial charge in [-0.1, -0.05) is 37.2 Å². The standard InChI is InChI=1S/C17H21N3O3S/c1-17(2)14(16-18-13(19-23-16)10-11-8-9-11)15(17)20-24(21,22)12-6-4-3-5-7-12/h3-7,11,14-15,20H,8-10H2,1-2H3/t14-,15-/m1/s1. The molecule has 1 aromatic carbocycles. The molecular weight excluding hydrogens is 326 g/mol. The van der Waals surface area contributed by atoms with E-state index in [0.29, 0.717) is 11.8 Å². The summed E-state index contributed by atoms with van der Waals surface area (Å²) in [6.45, 7) is 4.03. The molecule has 2 atom stereocenters. The summed E-state index contributed by atoms with van der Waals surface area (Å²) in [6.07, 6.45) is 3.33. The third-order valence-corrected chi connectivity index (χ3v) is 6.54. The molecule has 0 bridgehead atoms. The molecule has 128 valence electrons. The average molecular weight is 347 g/mol. The van der Waals surface area contributed by atoms with Crippen LogP contribution < -0.4 is 4.72 Å². The van der Waals surface area contributed by atoms with E-state index in [0.717, 1.165) is 12.2 Å². The van der Waals surface area contributed by atoms with Gasteiger partial charge in [-0.3, -0.25) is 0 Å². The van der Waals surface area contributed by atoms with E-state index in [1.165, 1.54) is 12.8 Å². The number of nitrogens with one attached hydrogen (secondary N) is 1. The van der Waals surface area contributed by atoms with Crippen LogP contribution in [-0.4, -0.2) is 24.6 Å². The Labute approximate surface area is 141 Å². The molecule has 2 saturated carbocycles. The van der Waals surface area contributed by atoms with Crippen LogP contribution in [0.4, 0.5) is 0 Å². The first-order valence-electron chi connectivity index (χ1n) is 8.28. The fourth-order valence-corrected chi connectivity index (χ4v) is 4.64. The quantitative estimate of drug-likeness (QED) is 0.868. The zero-order chi connectivity index (χ0) is 16.9. The van der Waals surface area contributed by atoms with Crippen molar-refractivity contribution in [3.8, 4) is 0 Å². The zero-order valence-corrected chi connectivity index (χ0v) is 14.6. The number of sulfonamides is 1. The van der Waals surface area contributed by atoms with Gasteiger partial charge in [-0.2, -0.15) is 4.98 Å². The van der Waals surface area contributed by atoms with Crippen molar-refractivity contribution in [3.05, 3.63) is 42.0 Å². The molecule has 24 heavy (non-hydrogen) atoms. The fourth-order valence-electron chi connectivity index (χ4n) is 3.21. The van der Waals surface area contributed by atoms with Crippen molar-refractivity contribution in [3.63, 3.8) is 0 Å². The Hall–Kier alpha value is -1.73. The largest absolute Gasteiger partial charge is 0.339 e. The van der Waals surface area contributed by atoms with Crippen LogP contribution in [0.3, 0.4) is 0 Å². The number of hydrogen-bond acceptors (Lipinski definition) is 5. The Morgan fingerprint density at radius 2 is 1.96 bits per heavy atom. The molecule has 0 amide bonds. The minimum Gasteiger partial charge on any atom is -0.339 e. The van der Waals surface area contributed by atoms with E-state index in [4.69, 9.17) is 4.52 Å². The number of hydrogen-bond donors (Lipinski definition) is 1. The van der Waals surface area contributed by atoms with Gasteiger partial charge in [-0.15, -0.1) is 0 Å². The van der Waals surface area contributed by atoms with Crippen LogP contribution in [0.15, 0.2) is 39.8 Å². The molecule has 0 saturated heterocycles. The molecule has 6 nitrogen and oxygen atoms in total. The van der Waals surface area contributed by atoms with E-state index in [1.807, 2.05) is 13.8 Å². The highest BCUT2D eigenvalue weighted by Crippen LogP contribution is 2.58. The lowest BCUT2D eigenvalue weighted by atomic mass is 10.1.